The van der Waals surface area contributed by atoms with Gasteiger partial charge in [-0.1, -0.05) is 12.1 Å². The second kappa shape index (κ2) is 4.08. The first kappa shape index (κ1) is 10.3. The summed E-state index contributed by atoms with van der Waals surface area (Å²) in [7, 11) is 0. The van der Waals surface area contributed by atoms with Crippen LogP contribution in [0, 0.1) is 6.92 Å². The fourth-order valence-electron chi connectivity index (χ4n) is 1.12. The highest BCUT2D eigenvalue weighted by atomic mass is 32.1. The number of aliphatic hydroxyl groups excluding tert-OH is 1. The number of aromatic nitrogens is 3. The average Bonchev–Trinajstić information content (AvgIpc) is 2.84. The normalized spacial score (nSPS) is 13.0. The number of hydrogen-bond acceptors (Lipinski definition) is 6. The quantitative estimate of drug-likeness (QED) is 0.864. The van der Waals surface area contributed by atoms with Crippen molar-refractivity contribution in [3.8, 4) is 11.6 Å². The molecular formula is C9H11N3O2S. The molecule has 0 aliphatic rings. The minimum Gasteiger partial charge on any atom is -0.385 e. The summed E-state index contributed by atoms with van der Waals surface area (Å²) in [6, 6.07) is 0. The molecule has 0 fully saturated rings. The number of nitrogens with zero attached hydrogens (tertiary/aromatic N) is 3. The third-order valence-electron chi connectivity index (χ3n) is 1.96. The maximum absolute atomic E-state index is 9.49. The highest BCUT2D eigenvalue weighted by Crippen LogP contribution is 2.21. The standard InChI is InChI=1S/C9H11N3O2S/c1-3-7(13)8-11-9(14-12-8)6-4-15-5(2)10-6/h4,7,13H,3H2,1-2H3. The van der Waals surface area contributed by atoms with Crippen molar-refractivity contribution in [1.82, 2.24) is 15.1 Å². The summed E-state index contributed by atoms with van der Waals surface area (Å²) in [6.07, 6.45) is -0.100. The summed E-state index contributed by atoms with van der Waals surface area (Å²) in [4.78, 5) is 8.30. The van der Waals surface area contributed by atoms with Crippen LogP contribution in [0.25, 0.3) is 11.6 Å². The lowest BCUT2D eigenvalue weighted by Gasteiger charge is -1.97. The topological polar surface area (TPSA) is 72.0 Å². The molecule has 0 radical (unpaired) electrons. The maximum Gasteiger partial charge on any atom is 0.277 e. The zero-order chi connectivity index (χ0) is 10.8. The minimum atomic E-state index is -0.665. The van der Waals surface area contributed by atoms with Gasteiger partial charge in [0.05, 0.1) is 5.01 Å². The molecule has 2 heterocycles. The van der Waals surface area contributed by atoms with E-state index < -0.39 is 6.10 Å². The second-order valence-electron chi connectivity index (χ2n) is 3.13. The van der Waals surface area contributed by atoms with E-state index in [2.05, 4.69) is 15.1 Å². The van der Waals surface area contributed by atoms with E-state index in [9.17, 15) is 5.11 Å². The van der Waals surface area contributed by atoms with Crippen LogP contribution in [0.2, 0.25) is 0 Å². The first-order chi connectivity index (χ1) is 7.20. The third kappa shape index (κ3) is 2.05. The van der Waals surface area contributed by atoms with E-state index in [4.69, 9.17) is 4.52 Å². The molecule has 2 aromatic rings. The van der Waals surface area contributed by atoms with E-state index >= 15 is 0 Å². The summed E-state index contributed by atoms with van der Waals surface area (Å²) in [5.41, 5.74) is 0.666. The van der Waals surface area contributed by atoms with Crippen molar-refractivity contribution in [3.05, 3.63) is 16.2 Å². The Hall–Kier alpha value is -1.27. The summed E-state index contributed by atoms with van der Waals surface area (Å²) in [5.74, 6) is 0.681. The van der Waals surface area contributed by atoms with Crippen LogP contribution in [-0.2, 0) is 0 Å². The summed E-state index contributed by atoms with van der Waals surface area (Å²) >= 11 is 1.52. The Bertz CT molecular complexity index is 452. The van der Waals surface area contributed by atoms with Gasteiger partial charge in [0.1, 0.15) is 11.8 Å². The van der Waals surface area contributed by atoms with Crippen LogP contribution in [0.1, 0.15) is 30.3 Å². The monoisotopic (exact) mass is 225 g/mol. The molecule has 2 aromatic heterocycles. The van der Waals surface area contributed by atoms with Gasteiger partial charge in [0.15, 0.2) is 0 Å². The Morgan fingerprint density at radius 1 is 1.53 bits per heavy atom. The molecule has 15 heavy (non-hydrogen) atoms. The number of aliphatic hydroxyl groups is 1. The first-order valence-corrected chi connectivity index (χ1v) is 5.53. The largest absolute Gasteiger partial charge is 0.385 e. The van der Waals surface area contributed by atoms with Crippen LogP contribution >= 0.6 is 11.3 Å². The van der Waals surface area contributed by atoms with E-state index in [1.165, 1.54) is 11.3 Å². The average molecular weight is 225 g/mol. The van der Waals surface area contributed by atoms with Gasteiger partial charge in [-0.25, -0.2) is 4.98 Å². The Labute approximate surface area is 90.8 Å². The fourth-order valence-corrected chi connectivity index (χ4v) is 1.71. The predicted octanol–water partition coefficient (Wildman–Crippen LogP) is 1.94. The molecule has 6 heteroatoms. The van der Waals surface area contributed by atoms with Gasteiger partial charge in [-0.3, -0.25) is 0 Å². The van der Waals surface area contributed by atoms with Crippen LogP contribution in [0.5, 0.6) is 0 Å². The molecule has 0 amide bonds. The summed E-state index contributed by atoms with van der Waals surface area (Å²) < 4.78 is 5.01. The van der Waals surface area contributed by atoms with E-state index in [0.29, 0.717) is 23.8 Å². The smallest absolute Gasteiger partial charge is 0.277 e. The molecule has 1 unspecified atom stereocenters. The molecule has 80 valence electrons. The van der Waals surface area contributed by atoms with E-state index in [-0.39, 0.29) is 0 Å². The predicted molar refractivity (Wildman–Crippen MR) is 55.4 cm³/mol. The molecule has 1 atom stereocenters. The molecule has 0 bridgehead atoms. The van der Waals surface area contributed by atoms with Gasteiger partial charge in [0.25, 0.3) is 5.89 Å². The molecular weight excluding hydrogens is 214 g/mol. The van der Waals surface area contributed by atoms with Crippen molar-refractivity contribution in [2.45, 2.75) is 26.4 Å². The fraction of sp³-hybridized carbons (Fsp3) is 0.444. The Kier molecular flexibility index (Phi) is 2.79. The van der Waals surface area contributed by atoms with Crippen molar-refractivity contribution >= 4 is 11.3 Å². The number of rotatable bonds is 3. The highest BCUT2D eigenvalue weighted by Gasteiger charge is 2.16. The minimum absolute atomic E-state index is 0.318. The first-order valence-electron chi connectivity index (χ1n) is 4.65. The van der Waals surface area contributed by atoms with Crippen LogP contribution in [-0.4, -0.2) is 20.2 Å². The molecule has 0 aliphatic carbocycles. The zero-order valence-corrected chi connectivity index (χ0v) is 9.28. The van der Waals surface area contributed by atoms with Crippen molar-refractivity contribution in [3.63, 3.8) is 0 Å². The Morgan fingerprint density at radius 3 is 2.93 bits per heavy atom. The van der Waals surface area contributed by atoms with Crippen LogP contribution in [0.4, 0.5) is 0 Å². The Morgan fingerprint density at radius 2 is 2.33 bits per heavy atom. The Balaban J connectivity index is 2.27. The number of thiazole rings is 1. The molecule has 0 spiro atoms. The van der Waals surface area contributed by atoms with Crippen LogP contribution in [0.3, 0.4) is 0 Å². The molecule has 1 N–H and O–H groups in total. The lowest BCUT2D eigenvalue weighted by molar-refractivity contribution is 0.159. The summed E-state index contributed by atoms with van der Waals surface area (Å²) in [6.45, 7) is 3.76. The lowest BCUT2D eigenvalue weighted by atomic mass is 10.3. The van der Waals surface area contributed by atoms with Crippen LogP contribution < -0.4 is 0 Å². The van der Waals surface area contributed by atoms with Gasteiger partial charge >= 0.3 is 0 Å². The van der Waals surface area contributed by atoms with E-state index in [0.717, 1.165) is 5.01 Å². The van der Waals surface area contributed by atoms with Gasteiger partial charge in [0, 0.05) is 5.38 Å². The van der Waals surface area contributed by atoms with Gasteiger partial charge < -0.3 is 9.63 Å². The van der Waals surface area contributed by atoms with Crippen molar-refractivity contribution < 1.29 is 9.63 Å². The van der Waals surface area contributed by atoms with Crippen LogP contribution in [0.15, 0.2) is 9.90 Å². The zero-order valence-electron chi connectivity index (χ0n) is 8.47. The molecule has 0 aromatic carbocycles. The molecule has 0 saturated carbocycles. The van der Waals surface area contributed by atoms with Crippen molar-refractivity contribution in [2.75, 3.05) is 0 Å². The molecule has 0 saturated heterocycles. The van der Waals surface area contributed by atoms with E-state index in [1.54, 1.807) is 0 Å². The van der Waals surface area contributed by atoms with Crippen molar-refractivity contribution in [2.24, 2.45) is 0 Å². The maximum atomic E-state index is 9.49. The molecule has 5 nitrogen and oxygen atoms in total. The summed E-state index contributed by atoms with van der Waals surface area (Å²) in [5, 5.41) is 16.0. The number of aryl methyl sites for hydroxylation is 1. The lowest BCUT2D eigenvalue weighted by Crippen LogP contribution is -1.97. The van der Waals surface area contributed by atoms with Gasteiger partial charge in [-0.2, -0.15) is 4.98 Å². The number of hydrogen-bond donors (Lipinski definition) is 1. The molecule has 2 rings (SSSR count). The van der Waals surface area contributed by atoms with Crippen molar-refractivity contribution in [1.29, 1.82) is 0 Å². The molecule has 0 aliphatic heterocycles. The SMILES string of the molecule is CCC(O)c1noc(-c2csc(C)n2)n1. The second-order valence-corrected chi connectivity index (χ2v) is 4.20. The third-order valence-corrected chi connectivity index (χ3v) is 2.74. The van der Waals surface area contributed by atoms with Gasteiger partial charge in [0.2, 0.25) is 5.82 Å². The van der Waals surface area contributed by atoms with Gasteiger partial charge in [-0.15, -0.1) is 11.3 Å². The van der Waals surface area contributed by atoms with Gasteiger partial charge in [-0.05, 0) is 13.3 Å². The highest BCUT2D eigenvalue weighted by molar-refractivity contribution is 7.09. The van der Waals surface area contributed by atoms with E-state index in [1.807, 2.05) is 19.2 Å².